The molecule has 1 aliphatic heterocycles. The third-order valence-electron chi connectivity index (χ3n) is 2.97. The average Bonchev–Trinajstić information content (AvgIpc) is 2.62. The normalized spacial score (nSPS) is 15.9. The van der Waals surface area contributed by atoms with Crippen molar-refractivity contribution in [1.82, 2.24) is 0 Å². The molecule has 0 saturated carbocycles. The fraction of sp³-hybridized carbons (Fsp3) is 0.417. The SMILES string of the molecule is CN1C(=O)Cc2cc(NCC(O)CN)ccc21. The Morgan fingerprint density at radius 3 is 3.06 bits per heavy atom. The molecule has 0 fully saturated rings. The van der Waals surface area contributed by atoms with E-state index in [1.807, 2.05) is 18.2 Å². The molecule has 1 aromatic carbocycles. The van der Waals surface area contributed by atoms with E-state index in [9.17, 15) is 9.90 Å². The van der Waals surface area contributed by atoms with Gasteiger partial charge in [-0.05, 0) is 23.8 Å². The van der Waals surface area contributed by atoms with Crippen LogP contribution in [0.2, 0.25) is 0 Å². The maximum absolute atomic E-state index is 11.5. The van der Waals surface area contributed by atoms with Gasteiger partial charge in [-0.25, -0.2) is 0 Å². The number of nitrogens with two attached hydrogens (primary N) is 1. The van der Waals surface area contributed by atoms with Crippen LogP contribution in [0.1, 0.15) is 5.56 Å². The van der Waals surface area contributed by atoms with Gasteiger partial charge in [0.25, 0.3) is 0 Å². The Bertz CT molecular complexity index is 434. The van der Waals surface area contributed by atoms with Gasteiger partial charge in [0, 0.05) is 31.5 Å². The van der Waals surface area contributed by atoms with Gasteiger partial charge in [-0.1, -0.05) is 0 Å². The van der Waals surface area contributed by atoms with E-state index in [2.05, 4.69) is 5.32 Å². The van der Waals surface area contributed by atoms with Crippen molar-refractivity contribution in [3.8, 4) is 0 Å². The number of amides is 1. The van der Waals surface area contributed by atoms with Crippen molar-refractivity contribution in [2.75, 3.05) is 30.4 Å². The summed E-state index contributed by atoms with van der Waals surface area (Å²) in [5, 5.41) is 12.4. The van der Waals surface area contributed by atoms with Gasteiger partial charge in [-0.3, -0.25) is 4.79 Å². The Morgan fingerprint density at radius 2 is 2.35 bits per heavy atom. The van der Waals surface area contributed by atoms with Crippen LogP contribution in [-0.2, 0) is 11.2 Å². The van der Waals surface area contributed by atoms with Crippen LogP contribution in [0.4, 0.5) is 11.4 Å². The maximum atomic E-state index is 11.5. The van der Waals surface area contributed by atoms with E-state index in [-0.39, 0.29) is 12.5 Å². The van der Waals surface area contributed by atoms with Crippen LogP contribution < -0.4 is 16.0 Å². The fourth-order valence-corrected chi connectivity index (χ4v) is 1.90. The van der Waals surface area contributed by atoms with Crippen LogP contribution in [0.3, 0.4) is 0 Å². The zero-order valence-electron chi connectivity index (χ0n) is 9.81. The van der Waals surface area contributed by atoms with E-state index in [0.29, 0.717) is 13.0 Å². The Labute approximate surface area is 100 Å². The molecule has 1 aromatic rings. The second-order valence-corrected chi connectivity index (χ2v) is 4.24. The number of carbonyl (C=O) groups excluding carboxylic acids is 1. The summed E-state index contributed by atoms with van der Waals surface area (Å²) in [4.78, 5) is 13.2. The number of anilines is 2. The molecule has 0 bridgehead atoms. The summed E-state index contributed by atoms with van der Waals surface area (Å²) >= 11 is 0. The topological polar surface area (TPSA) is 78.6 Å². The number of fused-ring (bicyclic) bond motifs is 1. The molecule has 0 aliphatic carbocycles. The lowest BCUT2D eigenvalue weighted by molar-refractivity contribution is -0.117. The second-order valence-electron chi connectivity index (χ2n) is 4.24. The van der Waals surface area contributed by atoms with E-state index in [4.69, 9.17) is 5.73 Å². The lowest BCUT2D eigenvalue weighted by atomic mass is 10.1. The second kappa shape index (κ2) is 4.73. The summed E-state index contributed by atoms with van der Waals surface area (Å²) in [6.07, 6.45) is -0.103. The van der Waals surface area contributed by atoms with Gasteiger partial charge in [-0.2, -0.15) is 0 Å². The Balaban J connectivity index is 2.08. The monoisotopic (exact) mass is 235 g/mol. The van der Waals surface area contributed by atoms with Crippen LogP contribution in [0.15, 0.2) is 18.2 Å². The van der Waals surface area contributed by atoms with Gasteiger partial charge in [-0.15, -0.1) is 0 Å². The van der Waals surface area contributed by atoms with E-state index < -0.39 is 6.10 Å². The lowest BCUT2D eigenvalue weighted by Crippen LogP contribution is -2.27. The first-order valence-corrected chi connectivity index (χ1v) is 5.63. The molecule has 1 atom stereocenters. The predicted octanol–water partition coefficient (Wildman–Crippen LogP) is -0.0630. The van der Waals surface area contributed by atoms with Crippen LogP contribution >= 0.6 is 0 Å². The van der Waals surface area contributed by atoms with Crippen molar-refractivity contribution < 1.29 is 9.90 Å². The number of aliphatic hydroxyl groups is 1. The molecule has 1 amide bonds. The van der Waals surface area contributed by atoms with Gasteiger partial charge < -0.3 is 21.1 Å². The van der Waals surface area contributed by atoms with Crippen LogP contribution in [-0.4, -0.2) is 37.3 Å². The smallest absolute Gasteiger partial charge is 0.231 e. The minimum absolute atomic E-state index is 0.110. The van der Waals surface area contributed by atoms with Crippen molar-refractivity contribution in [2.45, 2.75) is 12.5 Å². The van der Waals surface area contributed by atoms with Crippen LogP contribution in [0, 0.1) is 0 Å². The van der Waals surface area contributed by atoms with Gasteiger partial charge >= 0.3 is 0 Å². The summed E-state index contributed by atoms with van der Waals surface area (Å²) in [5.74, 6) is 0.110. The Morgan fingerprint density at radius 1 is 1.59 bits per heavy atom. The molecule has 2 rings (SSSR count). The minimum atomic E-state index is -0.549. The summed E-state index contributed by atoms with van der Waals surface area (Å²) in [7, 11) is 1.78. The standard InChI is InChI=1S/C12H17N3O2/c1-15-11-3-2-9(14-7-10(16)6-13)4-8(11)5-12(15)17/h2-4,10,14,16H,5-7,13H2,1H3. The first-order chi connectivity index (χ1) is 8.11. The molecule has 0 aromatic heterocycles. The number of rotatable bonds is 4. The van der Waals surface area contributed by atoms with Gasteiger partial charge in [0.15, 0.2) is 0 Å². The molecule has 5 nitrogen and oxygen atoms in total. The highest BCUT2D eigenvalue weighted by molar-refractivity contribution is 6.01. The maximum Gasteiger partial charge on any atom is 0.231 e. The molecule has 17 heavy (non-hydrogen) atoms. The molecule has 5 heteroatoms. The Kier molecular flexibility index (Phi) is 3.31. The van der Waals surface area contributed by atoms with Crippen LogP contribution in [0.25, 0.3) is 0 Å². The predicted molar refractivity (Wildman–Crippen MR) is 67.1 cm³/mol. The van der Waals surface area contributed by atoms with E-state index >= 15 is 0 Å². The molecule has 0 spiro atoms. The first kappa shape index (κ1) is 11.9. The molecular weight excluding hydrogens is 218 g/mol. The van der Waals surface area contributed by atoms with E-state index in [1.165, 1.54) is 0 Å². The molecule has 1 heterocycles. The summed E-state index contributed by atoms with van der Waals surface area (Å²) < 4.78 is 0. The summed E-state index contributed by atoms with van der Waals surface area (Å²) in [5.41, 5.74) is 8.20. The van der Waals surface area contributed by atoms with Gasteiger partial charge in [0.05, 0.1) is 12.5 Å². The lowest BCUT2D eigenvalue weighted by Gasteiger charge is -2.13. The number of hydrogen-bond acceptors (Lipinski definition) is 4. The third kappa shape index (κ3) is 2.40. The number of carbonyl (C=O) groups is 1. The van der Waals surface area contributed by atoms with E-state index in [0.717, 1.165) is 16.9 Å². The number of aliphatic hydroxyl groups excluding tert-OH is 1. The number of hydrogen-bond donors (Lipinski definition) is 3. The fourth-order valence-electron chi connectivity index (χ4n) is 1.90. The van der Waals surface area contributed by atoms with Crippen LogP contribution in [0.5, 0.6) is 0 Å². The zero-order valence-corrected chi connectivity index (χ0v) is 9.81. The molecule has 1 unspecified atom stereocenters. The van der Waals surface area contributed by atoms with Crippen molar-refractivity contribution in [2.24, 2.45) is 5.73 Å². The highest BCUT2D eigenvalue weighted by Gasteiger charge is 2.23. The largest absolute Gasteiger partial charge is 0.390 e. The third-order valence-corrected chi connectivity index (χ3v) is 2.97. The minimum Gasteiger partial charge on any atom is -0.390 e. The molecule has 0 radical (unpaired) electrons. The molecular formula is C12H17N3O2. The summed E-state index contributed by atoms with van der Waals surface area (Å²) in [6.45, 7) is 0.651. The van der Waals surface area contributed by atoms with E-state index in [1.54, 1.807) is 11.9 Å². The number of nitrogens with one attached hydrogen (secondary N) is 1. The molecule has 4 N–H and O–H groups in total. The highest BCUT2D eigenvalue weighted by atomic mass is 16.3. The van der Waals surface area contributed by atoms with Crippen molar-refractivity contribution >= 4 is 17.3 Å². The summed E-state index contributed by atoms with van der Waals surface area (Å²) in [6, 6.07) is 5.76. The number of likely N-dealkylation sites (N-methyl/N-ethyl adjacent to an activating group) is 1. The molecule has 0 saturated heterocycles. The zero-order chi connectivity index (χ0) is 12.4. The highest BCUT2D eigenvalue weighted by Crippen LogP contribution is 2.29. The van der Waals surface area contributed by atoms with Gasteiger partial charge in [0.1, 0.15) is 0 Å². The quantitative estimate of drug-likeness (QED) is 0.683. The molecule has 92 valence electrons. The molecule has 1 aliphatic rings. The number of benzene rings is 1. The number of nitrogens with zero attached hydrogens (tertiary/aromatic N) is 1. The van der Waals surface area contributed by atoms with Crippen molar-refractivity contribution in [1.29, 1.82) is 0 Å². The Hall–Kier alpha value is -1.59. The first-order valence-electron chi connectivity index (χ1n) is 5.63. The van der Waals surface area contributed by atoms with Crippen molar-refractivity contribution in [3.63, 3.8) is 0 Å². The van der Waals surface area contributed by atoms with Crippen molar-refractivity contribution in [3.05, 3.63) is 23.8 Å². The average molecular weight is 235 g/mol. The van der Waals surface area contributed by atoms with Gasteiger partial charge in [0.2, 0.25) is 5.91 Å².